The monoisotopic (exact) mass is 257 g/mol. The number of esters is 1. The second-order valence-electron chi connectivity index (χ2n) is 4.30. The fraction of sp³-hybridized carbons (Fsp3) is 0.750. The van der Waals surface area contributed by atoms with Crippen molar-refractivity contribution in [1.82, 2.24) is 4.90 Å². The minimum atomic E-state index is -0.798. The molecule has 0 unspecified atom stereocenters. The van der Waals surface area contributed by atoms with Crippen LogP contribution in [0.15, 0.2) is 0 Å². The molecular weight excluding hydrogens is 238 g/mol. The molecule has 1 heterocycles. The molecule has 0 radical (unpaired) electrons. The lowest BCUT2D eigenvalue weighted by Crippen LogP contribution is -2.40. The zero-order chi connectivity index (χ0) is 13.5. The maximum Gasteiger partial charge on any atom is 0.306 e. The van der Waals surface area contributed by atoms with Gasteiger partial charge in [0, 0.05) is 19.5 Å². The molecule has 1 fully saturated rings. The first kappa shape index (κ1) is 14.5. The van der Waals surface area contributed by atoms with Gasteiger partial charge in [-0.05, 0) is 19.8 Å². The number of rotatable bonds is 5. The summed E-state index contributed by atoms with van der Waals surface area (Å²) in [6.07, 6.45) is 1.20. The summed E-state index contributed by atoms with van der Waals surface area (Å²) in [7, 11) is 0. The van der Waals surface area contributed by atoms with Crippen molar-refractivity contribution in [2.24, 2.45) is 5.92 Å². The minimum Gasteiger partial charge on any atom is -0.481 e. The van der Waals surface area contributed by atoms with E-state index >= 15 is 0 Å². The number of nitrogens with zero attached hydrogens (tertiary/aromatic N) is 1. The first-order chi connectivity index (χ1) is 8.54. The number of likely N-dealkylation sites (tertiary alicyclic amines) is 1. The average molecular weight is 257 g/mol. The van der Waals surface area contributed by atoms with Gasteiger partial charge in [0.2, 0.25) is 5.91 Å². The largest absolute Gasteiger partial charge is 0.481 e. The van der Waals surface area contributed by atoms with Gasteiger partial charge in [0.05, 0.1) is 18.9 Å². The van der Waals surface area contributed by atoms with Gasteiger partial charge in [-0.2, -0.15) is 0 Å². The molecule has 1 amide bonds. The molecule has 0 saturated carbocycles. The average Bonchev–Trinajstić information content (AvgIpc) is 2.36. The molecule has 0 aromatic heterocycles. The molecule has 0 aromatic carbocycles. The summed E-state index contributed by atoms with van der Waals surface area (Å²) in [4.78, 5) is 35.2. The summed E-state index contributed by atoms with van der Waals surface area (Å²) in [5, 5.41) is 8.83. The highest BCUT2D eigenvalue weighted by atomic mass is 16.5. The SMILES string of the molecule is CCOC(=O)CCC(=O)N1CCC(C(=O)O)CC1. The van der Waals surface area contributed by atoms with Gasteiger partial charge in [0.15, 0.2) is 0 Å². The summed E-state index contributed by atoms with van der Waals surface area (Å²) >= 11 is 0. The van der Waals surface area contributed by atoms with E-state index < -0.39 is 5.97 Å². The van der Waals surface area contributed by atoms with Gasteiger partial charge in [-0.15, -0.1) is 0 Å². The number of hydrogen-bond donors (Lipinski definition) is 1. The third-order valence-corrected chi connectivity index (χ3v) is 3.05. The van der Waals surface area contributed by atoms with Gasteiger partial charge in [0.25, 0.3) is 0 Å². The number of carbonyl (C=O) groups excluding carboxylic acids is 2. The predicted molar refractivity (Wildman–Crippen MR) is 62.8 cm³/mol. The van der Waals surface area contributed by atoms with Crippen LogP contribution in [-0.4, -0.2) is 47.5 Å². The standard InChI is InChI=1S/C12H19NO5/c1-2-18-11(15)4-3-10(14)13-7-5-9(6-8-13)12(16)17/h9H,2-8H2,1H3,(H,16,17). The van der Waals surface area contributed by atoms with Crippen molar-refractivity contribution in [1.29, 1.82) is 0 Å². The van der Waals surface area contributed by atoms with E-state index in [9.17, 15) is 14.4 Å². The summed E-state index contributed by atoms with van der Waals surface area (Å²) in [6, 6.07) is 0. The number of amides is 1. The summed E-state index contributed by atoms with van der Waals surface area (Å²) in [5.41, 5.74) is 0. The van der Waals surface area contributed by atoms with Crippen molar-refractivity contribution in [2.75, 3.05) is 19.7 Å². The van der Waals surface area contributed by atoms with E-state index in [4.69, 9.17) is 9.84 Å². The molecule has 18 heavy (non-hydrogen) atoms. The fourth-order valence-electron chi connectivity index (χ4n) is 1.98. The molecular formula is C12H19NO5. The highest BCUT2D eigenvalue weighted by Crippen LogP contribution is 2.18. The van der Waals surface area contributed by atoms with Crippen LogP contribution in [0.5, 0.6) is 0 Å². The van der Waals surface area contributed by atoms with Crippen molar-refractivity contribution in [3.8, 4) is 0 Å². The van der Waals surface area contributed by atoms with Crippen LogP contribution in [0.25, 0.3) is 0 Å². The molecule has 0 atom stereocenters. The van der Waals surface area contributed by atoms with Crippen LogP contribution in [0.1, 0.15) is 32.6 Å². The maximum absolute atomic E-state index is 11.8. The Morgan fingerprint density at radius 2 is 1.83 bits per heavy atom. The number of carboxylic acids is 1. The molecule has 102 valence electrons. The molecule has 1 aliphatic rings. The van der Waals surface area contributed by atoms with Gasteiger partial charge in [-0.3, -0.25) is 14.4 Å². The van der Waals surface area contributed by atoms with Crippen LogP contribution in [0.3, 0.4) is 0 Å². The van der Waals surface area contributed by atoms with E-state index in [-0.39, 0.29) is 30.6 Å². The van der Waals surface area contributed by atoms with Crippen LogP contribution in [0, 0.1) is 5.92 Å². The van der Waals surface area contributed by atoms with Crippen LogP contribution in [0.2, 0.25) is 0 Å². The predicted octanol–water partition coefficient (Wildman–Crippen LogP) is 0.653. The van der Waals surface area contributed by atoms with Crippen molar-refractivity contribution >= 4 is 17.8 Å². The van der Waals surface area contributed by atoms with Crippen LogP contribution < -0.4 is 0 Å². The van der Waals surface area contributed by atoms with Crippen molar-refractivity contribution < 1.29 is 24.2 Å². The number of aliphatic carboxylic acids is 1. The Morgan fingerprint density at radius 3 is 2.33 bits per heavy atom. The Kier molecular flexibility index (Phi) is 5.61. The first-order valence-electron chi connectivity index (χ1n) is 6.20. The highest BCUT2D eigenvalue weighted by Gasteiger charge is 2.26. The lowest BCUT2D eigenvalue weighted by molar-refractivity contribution is -0.147. The smallest absolute Gasteiger partial charge is 0.306 e. The molecule has 1 aliphatic heterocycles. The summed E-state index contributed by atoms with van der Waals surface area (Å²) in [5.74, 6) is -1.62. The second kappa shape index (κ2) is 6.98. The Balaban J connectivity index is 2.28. The third kappa shape index (κ3) is 4.35. The molecule has 6 nitrogen and oxygen atoms in total. The summed E-state index contributed by atoms with van der Waals surface area (Å²) in [6.45, 7) is 2.95. The molecule has 0 aromatic rings. The molecule has 0 aliphatic carbocycles. The van der Waals surface area contributed by atoms with Gasteiger partial charge < -0.3 is 14.7 Å². The van der Waals surface area contributed by atoms with Crippen LogP contribution >= 0.6 is 0 Å². The normalized spacial score (nSPS) is 16.4. The van der Waals surface area contributed by atoms with Crippen molar-refractivity contribution in [3.63, 3.8) is 0 Å². The highest BCUT2D eigenvalue weighted by molar-refractivity contribution is 5.81. The molecule has 6 heteroatoms. The van der Waals surface area contributed by atoms with E-state index in [2.05, 4.69) is 0 Å². The lowest BCUT2D eigenvalue weighted by Gasteiger charge is -2.30. The fourth-order valence-corrected chi connectivity index (χ4v) is 1.98. The lowest BCUT2D eigenvalue weighted by atomic mass is 9.97. The van der Waals surface area contributed by atoms with E-state index in [1.54, 1.807) is 11.8 Å². The van der Waals surface area contributed by atoms with E-state index in [1.807, 2.05) is 0 Å². The molecule has 0 bridgehead atoms. The Morgan fingerprint density at radius 1 is 1.22 bits per heavy atom. The summed E-state index contributed by atoms with van der Waals surface area (Å²) < 4.78 is 4.74. The number of piperidine rings is 1. The molecule has 1 rings (SSSR count). The first-order valence-corrected chi connectivity index (χ1v) is 6.20. The number of ether oxygens (including phenoxy) is 1. The molecule has 0 spiro atoms. The molecule has 1 N–H and O–H groups in total. The quantitative estimate of drug-likeness (QED) is 0.731. The van der Waals surface area contributed by atoms with E-state index in [1.165, 1.54) is 0 Å². The Hall–Kier alpha value is -1.59. The molecule has 1 saturated heterocycles. The van der Waals surface area contributed by atoms with Crippen molar-refractivity contribution in [3.05, 3.63) is 0 Å². The number of carbonyl (C=O) groups is 3. The Bertz CT molecular complexity index is 320. The van der Waals surface area contributed by atoms with Crippen molar-refractivity contribution in [2.45, 2.75) is 32.6 Å². The topological polar surface area (TPSA) is 83.9 Å². The van der Waals surface area contributed by atoms with Gasteiger partial charge in [-0.1, -0.05) is 0 Å². The van der Waals surface area contributed by atoms with Crippen LogP contribution in [0.4, 0.5) is 0 Å². The van der Waals surface area contributed by atoms with E-state index in [0.717, 1.165) is 0 Å². The number of carboxylic acid groups (broad SMARTS) is 1. The van der Waals surface area contributed by atoms with Gasteiger partial charge in [0.1, 0.15) is 0 Å². The number of hydrogen-bond acceptors (Lipinski definition) is 4. The maximum atomic E-state index is 11.8. The zero-order valence-electron chi connectivity index (χ0n) is 10.6. The van der Waals surface area contributed by atoms with Gasteiger partial charge in [-0.25, -0.2) is 0 Å². The third-order valence-electron chi connectivity index (χ3n) is 3.05. The van der Waals surface area contributed by atoms with Crippen LogP contribution in [-0.2, 0) is 19.1 Å². The Labute approximate surface area is 106 Å². The van der Waals surface area contributed by atoms with Gasteiger partial charge >= 0.3 is 11.9 Å². The zero-order valence-corrected chi connectivity index (χ0v) is 10.6. The second-order valence-corrected chi connectivity index (χ2v) is 4.30. The van der Waals surface area contributed by atoms with E-state index in [0.29, 0.717) is 32.5 Å². The minimum absolute atomic E-state index is 0.0888.